The van der Waals surface area contributed by atoms with Gasteiger partial charge in [0.15, 0.2) is 5.76 Å². The Morgan fingerprint density at radius 2 is 2.16 bits per heavy atom. The molecule has 0 N–H and O–H groups in total. The topological polar surface area (TPSA) is 61.6 Å². The molecule has 128 valence electrons. The van der Waals surface area contributed by atoms with E-state index in [-0.39, 0.29) is 18.7 Å². The fourth-order valence-electron chi connectivity index (χ4n) is 3.06. The molecule has 3 aromatic rings. The number of ether oxygens (including phenoxy) is 2. The normalized spacial score (nSPS) is 17.1. The van der Waals surface area contributed by atoms with Gasteiger partial charge in [-0.15, -0.1) is 0 Å². The number of benzene rings is 1. The Kier molecular flexibility index (Phi) is 4.24. The second kappa shape index (κ2) is 6.69. The molecule has 1 saturated heterocycles. The van der Waals surface area contributed by atoms with Gasteiger partial charge in [0.1, 0.15) is 18.1 Å². The molecule has 1 fully saturated rings. The number of furan rings is 1. The summed E-state index contributed by atoms with van der Waals surface area (Å²) in [5.41, 5.74) is 1.85. The van der Waals surface area contributed by atoms with Gasteiger partial charge in [0.25, 0.3) is 0 Å². The van der Waals surface area contributed by atoms with Crippen LogP contribution in [0.5, 0.6) is 0 Å². The molecule has 2 aromatic heterocycles. The highest BCUT2D eigenvalue weighted by Crippen LogP contribution is 2.27. The number of carbonyl (C=O) groups is 1. The summed E-state index contributed by atoms with van der Waals surface area (Å²) in [4.78, 5) is 17.3. The van der Waals surface area contributed by atoms with Crippen molar-refractivity contribution >= 4 is 16.9 Å². The molecule has 5 nitrogen and oxygen atoms in total. The third-order valence-corrected chi connectivity index (χ3v) is 4.35. The van der Waals surface area contributed by atoms with Gasteiger partial charge in [-0.2, -0.15) is 0 Å². The number of hydrogen-bond donors (Lipinski definition) is 0. The number of rotatable bonds is 4. The van der Waals surface area contributed by atoms with Crippen molar-refractivity contribution in [1.82, 2.24) is 4.98 Å². The molecule has 4 rings (SSSR count). The van der Waals surface area contributed by atoms with E-state index in [2.05, 4.69) is 4.98 Å². The Balaban J connectivity index is 1.69. The summed E-state index contributed by atoms with van der Waals surface area (Å²) in [7, 11) is 0. The van der Waals surface area contributed by atoms with Crippen molar-refractivity contribution in [2.75, 3.05) is 13.2 Å². The van der Waals surface area contributed by atoms with E-state index in [0.29, 0.717) is 17.0 Å². The summed E-state index contributed by atoms with van der Waals surface area (Å²) >= 11 is 0. The van der Waals surface area contributed by atoms with Gasteiger partial charge in [0, 0.05) is 12.0 Å². The molecule has 1 aliphatic heterocycles. The van der Waals surface area contributed by atoms with Crippen molar-refractivity contribution in [3.8, 4) is 11.5 Å². The Hall–Kier alpha value is -2.66. The summed E-state index contributed by atoms with van der Waals surface area (Å²) in [6, 6.07) is 13.0. The van der Waals surface area contributed by atoms with Crippen LogP contribution in [0.15, 0.2) is 46.9 Å². The maximum Gasteiger partial charge on any atom is 0.338 e. The number of esters is 1. The highest BCUT2D eigenvalue weighted by atomic mass is 16.6. The van der Waals surface area contributed by atoms with Gasteiger partial charge >= 0.3 is 5.97 Å². The SMILES string of the molecule is Cc1ccc(-c2cc(C(=O)OC[C@@H]3CCCO3)c3ccccc3n2)o1. The van der Waals surface area contributed by atoms with Crippen LogP contribution in [0, 0.1) is 6.92 Å². The summed E-state index contributed by atoms with van der Waals surface area (Å²) in [6.07, 6.45) is 1.95. The number of hydrogen-bond acceptors (Lipinski definition) is 5. The lowest BCUT2D eigenvalue weighted by atomic mass is 10.1. The van der Waals surface area contributed by atoms with E-state index < -0.39 is 0 Å². The molecule has 0 spiro atoms. The number of pyridine rings is 1. The van der Waals surface area contributed by atoms with Gasteiger partial charge in [-0.05, 0) is 44.0 Å². The maximum atomic E-state index is 12.7. The van der Waals surface area contributed by atoms with Crippen LogP contribution in [0.1, 0.15) is 29.0 Å². The highest BCUT2D eigenvalue weighted by Gasteiger charge is 2.20. The average Bonchev–Trinajstić information content (AvgIpc) is 3.30. The number of carbonyl (C=O) groups excluding carboxylic acids is 1. The number of fused-ring (bicyclic) bond motifs is 1. The number of aromatic nitrogens is 1. The monoisotopic (exact) mass is 337 g/mol. The van der Waals surface area contributed by atoms with Gasteiger partial charge < -0.3 is 13.9 Å². The quantitative estimate of drug-likeness (QED) is 0.670. The summed E-state index contributed by atoms with van der Waals surface area (Å²) in [5.74, 6) is 1.07. The van der Waals surface area contributed by atoms with E-state index in [9.17, 15) is 4.79 Å². The van der Waals surface area contributed by atoms with E-state index in [1.54, 1.807) is 6.07 Å². The van der Waals surface area contributed by atoms with Crippen LogP contribution in [-0.2, 0) is 9.47 Å². The molecule has 0 bridgehead atoms. The molecule has 0 saturated carbocycles. The first-order valence-corrected chi connectivity index (χ1v) is 8.46. The van der Waals surface area contributed by atoms with Gasteiger partial charge in [0.05, 0.1) is 17.2 Å². The molecule has 5 heteroatoms. The first-order valence-electron chi connectivity index (χ1n) is 8.46. The average molecular weight is 337 g/mol. The fraction of sp³-hybridized carbons (Fsp3) is 0.300. The smallest absolute Gasteiger partial charge is 0.338 e. The van der Waals surface area contributed by atoms with Crippen LogP contribution in [0.4, 0.5) is 0 Å². The second-order valence-corrected chi connectivity index (χ2v) is 6.22. The van der Waals surface area contributed by atoms with Gasteiger partial charge in [-0.25, -0.2) is 9.78 Å². The lowest BCUT2D eigenvalue weighted by Crippen LogP contribution is -2.18. The number of nitrogens with zero attached hydrogens (tertiary/aromatic N) is 1. The molecule has 1 aliphatic rings. The largest absolute Gasteiger partial charge is 0.460 e. The molecular weight excluding hydrogens is 318 g/mol. The second-order valence-electron chi connectivity index (χ2n) is 6.22. The molecule has 0 unspecified atom stereocenters. The zero-order valence-electron chi connectivity index (χ0n) is 14.0. The van der Waals surface area contributed by atoms with Gasteiger partial charge in [-0.3, -0.25) is 0 Å². The van der Waals surface area contributed by atoms with Crippen LogP contribution >= 0.6 is 0 Å². The third kappa shape index (κ3) is 3.28. The van der Waals surface area contributed by atoms with Crippen molar-refractivity contribution < 1.29 is 18.7 Å². The lowest BCUT2D eigenvalue weighted by molar-refractivity contribution is 0.0163. The van der Waals surface area contributed by atoms with Crippen molar-refractivity contribution in [2.24, 2.45) is 0 Å². The molecule has 0 radical (unpaired) electrons. The molecule has 3 heterocycles. The van der Waals surface area contributed by atoms with Crippen LogP contribution in [0.3, 0.4) is 0 Å². The molecule has 0 amide bonds. The zero-order chi connectivity index (χ0) is 17.2. The summed E-state index contributed by atoms with van der Waals surface area (Å²) in [6.45, 7) is 2.90. The zero-order valence-corrected chi connectivity index (χ0v) is 14.0. The maximum absolute atomic E-state index is 12.7. The standard InChI is InChI=1S/C20H19NO4/c1-13-8-9-19(25-13)18-11-16(15-6-2-3-7-17(15)21-18)20(22)24-12-14-5-4-10-23-14/h2-3,6-9,11,14H,4-5,10,12H2,1H3/t14-/m0/s1. The molecule has 1 atom stereocenters. The first kappa shape index (κ1) is 15.8. The predicted molar refractivity (Wildman–Crippen MR) is 93.4 cm³/mol. The van der Waals surface area contributed by atoms with Crippen molar-refractivity contribution in [1.29, 1.82) is 0 Å². The van der Waals surface area contributed by atoms with E-state index in [0.717, 1.165) is 36.1 Å². The van der Waals surface area contributed by atoms with Crippen molar-refractivity contribution in [3.05, 3.63) is 53.8 Å². The minimum Gasteiger partial charge on any atom is -0.460 e. The summed E-state index contributed by atoms with van der Waals surface area (Å²) in [5, 5.41) is 0.770. The van der Waals surface area contributed by atoms with Crippen molar-refractivity contribution in [2.45, 2.75) is 25.9 Å². The summed E-state index contributed by atoms with van der Waals surface area (Å²) < 4.78 is 16.7. The van der Waals surface area contributed by atoms with E-state index in [4.69, 9.17) is 13.9 Å². The molecule has 1 aromatic carbocycles. The number of para-hydroxylation sites is 1. The molecular formula is C20H19NO4. The fourth-order valence-corrected chi connectivity index (χ4v) is 3.06. The predicted octanol–water partition coefficient (Wildman–Crippen LogP) is 4.14. The minimum atomic E-state index is -0.362. The molecule has 0 aliphatic carbocycles. The molecule has 25 heavy (non-hydrogen) atoms. The minimum absolute atomic E-state index is 0.00393. The van der Waals surface area contributed by atoms with E-state index in [1.165, 1.54) is 0 Å². The van der Waals surface area contributed by atoms with Gasteiger partial charge in [-0.1, -0.05) is 18.2 Å². The third-order valence-electron chi connectivity index (χ3n) is 4.35. The van der Waals surface area contributed by atoms with Crippen LogP contribution in [-0.4, -0.2) is 30.3 Å². The Morgan fingerprint density at radius 1 is 1.28 bits per heavy atom. The Morgan fingerprint density at radius 3 is 2.92 bits per heavy atom. The van der Waals surface area contributed by atoms with E-state index in [1.807, 2.05) is 43.3 Å². The van der Waals surface area contributed by atoms with Crippen LogP contribution in [0.2, 0.25) is 0 Å². The van der Waals surface area contributed by atoms with Crippen LogP contribution < -0.4 is 0 Å². The Labute approximate surface area is 145 Å². The number of aryl methyl sites for hydroxylation is 1. The Bertz CT molecular complexity index is 909. The highest BCUT2D eigenvalue weighted by molar-refractivity contribution is 6.04. The lowest BCUT2D eigenvalue weighted by Gasteiger charge is -2.12. The first-order chi connectivity index (χ1) is 12.2. The van der Waals surface area contributed by atoms with Crippen LogP contribution in [0.25, 0.3) is 22.4 Å². The van der Waals surface area contributed by atoms with Crippen molar-refractivity contribution in [3.63, 3.8) is 0 Å². The van der Waals surface area contributed by atoms with E-state index >= 15 is 0 Å². The van der Waals surface area contributed by atoms with Gasteiger partial charge in [0.2, 0.25) is 0 Å².